The Kier molecular flexibility index (Phi) is 4.01. The fourth-order valence-electron chi connectivity index (χ4n) is 3.07. The van der Waals surface area contributed by atoms with Gasteiger partial charge in [-0.3, -0.25) is 4.79 Å². The third kappa shape index (κ3) is 3.11. The van der Waals surface area contributed by atoms with Crippen LogP contribution in [0.3, 0.4) is 0 Å². The highest BCUT2D eigenvalue weighted by Crippen LogP contribution is 2.34. The second-order valence-electron chi connectivity index (χ2n) is 5.95. The molecule has 21 heavy (non-hydrogen) atoms. The highest BCUT2D eigenvalue weighted by atomic mass is 35.7. The first-order chi connectivity index (χ1) is 9.95. The van der Waals surface area contributed by atoms with Crippen molar-refractivity contribution < 1.29 is 13.2 Å². The second kappa shape index (κ2) is 5.65. The fraction of sp³-hybridized carbons (Fsp3) is 0.643. The summed E-state index contributed by atoms with van der Waals surface area (Å²) in [6.07, 6.45) is 8.81. The molecule has 0 aromatic carbocycles. The Hall–Kier alpha value is -1.01. The summed E-state index contributed by atoms with van der Waals surface area (Å²) in [5, 5.41) is 3.01. The molecule has 0 bridgehead atoms. The Balaban J connectivity index is 1.87. The molecule has 5 nitrogen and oxygen atoms in total. The zero-order valence-electron chi connectivity index (χ0n) is 11.7. The van der Waals surface area contributed by atoms with Gasteiger partial charge in [0.15, 0.2) is 0 Å². The molecule has 1 amide bonds. The van der Waals surface area contributed by atoms with Crippen molar-refractivity contribution in [1.82, 2.24) is 9.88 Å². The lowest BCUT2D eigenvalue weighted by molar-refractivity contribution is 0.0922. The summed E-state index contributed by atoms with van der Waals surface area (Å²) in [6, 6.07) is 1.81. The van der Waals surface area contributed by atoms with Gasteiger partial charge in [-0.25, -0.2) is 8.42 Å². The summed E-state index contributed by atoms with van der Waals surface area (Å²) >= 11 is 0. The van der Waals surface area contributed by atoms with E-state index in [-0.39, 0.29) is 22.9 Å². The molecule has 0 spiro atoms. The molecule has 0 aliphatic heterocycles. The van der Waals surface area contributed by atoms with Gasteiger partial charge in [-0.05, 0) is 38.2 Å². The maximum Gasteiger partial charge on any atom is 0.268 e. The molecule has 2 aliphatic rings. The van der Waals surface area contributed by atoms with Gasteiger partial charge in [-0.1, -0.05) is 12.8 Å². The third-order valence-corrected chi connectivity index (χ3v) is 5.82. The number of carbonyl (C=O) groups is 1. The summed E-state index contributed by atoms with van der Waals surface area (Å²) < 4.78 is 24.8. The molecular weight excluding hydrogens is 312 g/mol. The highest BCUT2D eigenvalue weighted by molar-refractivity contribution is 8.13. The minimum atomic E-state index is -3.81. The van der Waals surface area contributed by atoms with Crippen molar-refractivity contribution in [3.05, 3.63) is 18.0 Å². The number of rotatable bonds is 4. The normalized spacial score (nSPS) is 20.4. The lowest BCUT2D eigenvalue weighted by Gasteiger charge is -2.29. The van der Waals surface area contributed by atoms with Gasteiger partial charge in [0, 0.05) is 29.0 Å². The molecule has 3 rings (SSSR count). The van der Waals surface area contributed by atoms with Crippen molar-refractivity contribution >= 4 is 25.6 Å². The van der Waals surface area contributed by atoms with Crippen LogP contribution in [0.4, 0.5) is 0 Å². The predicted octanol–water partition coefficient (Wildman–Crippen LogP) is 2.81. The van der Waals surface area contributed by atoms with E-state index >= 15 is 0 Å². The maximum atomic E-state index is 12.4. The van der Waals surface area contributed by atoms with Crippen LogP contribution in [-0.4, -0.2) is 24.9 Å². The van der Waals surface area contributed by atoms with E-state index < -0.39 is 9.05 Å². The number of aromatic nitrogens is 1. The molecule has 2 saturated carbocycles. The number of halogens is 1. The van der Waals surface area contributed by atoms with Crippen molar-refractivity contribution in [1.29, 1.82) is 0 Å². The molecule has 1 aromatic heterocycles. The zero-order valence-corrected chi connectivity index (χ0v) is 13.3. The number of hydrogen-bond donors (Lipinski definition) is 1. The molecule has 1 aromatic rings. The first kappa shape index (κ1) is 14.9. The summed E-state index contributed by atoms with van der Waals surface area (Å²) in [6.45, 7) is 0. The Morgan fingerprint density at radius 2 is 1.86 bits per heavy atom. The van der Waals surface area contributed by atoms with Crippen LogP contribution in [0.15, 0.2) is 17.2 Å². The molecule has 0 saturated heterocycles. The number of hydrogen-bond acceptors (Lipinski definition) is 3. The Morgan fingerprint density at radius 1 is 1.19 bits per heavy atom. The second-order valence-corrected chi connectivity index (χ2v) is 8.51. The molecule has 2 fully saturated rings. The van der Waals surface area contributed by atoms with Crippen LogP contribution in [0.2, 0.25) is 0 Å². The largest absolute Gasteiger partial charge is 0.348 e. The van der Waals surface area contributed by atoms with Gasteiger partial charge in [-0.2, -0.15) is 0 Å². The van der Waals surface area contributed by atoms with Crippen LogP contribution in [-0.2, 0) is 9.05 Å². The van der Waals surface area contributed by atoms with Gasteiger partial charge in [0.2, 0.25) is 0 Å². The summed E-state index contributed by atoms with van der Waals surface area (Å²) in [5.41, 5.74) is 0.408. The summed E-state index contributed by atoms with van der Waals surface area (Å²) in [5.74, 6) is -0.194. The predicted molar refractivity (Wildman–Crippen MR) is 80.1 cm³/mol. The van der Waals surface area contributed by atoms with Crippen LogP contribution in [0.25, 0.3) is 0 Å². The molecule has 1 heterocycles. The SMILES string of the molecule is O=C(NC1CCCC1)c1cc(S(=O)(=O)Cl)cn1C1CCC1. The van der Waals surface area contributed by atoms with Crippen molar-refractivity contribution in [3.63, 3.8) is 0 Å². The smallest absolute Gasteiger partial charge is 0.268 e. The molecular formula is C14H19ClN2O3S. The van der Waals surface area contributed by atoms with Gasteiger partial charge in [0.05, 0.1) is 0 Å². The monoisotopic (exact) mass is 330 g/mol. The third-order valence-electron chi connectivity index (χ3n) is 4.50. The number of carbonyl (C=O) groups excluding carboxylic acids is 1. The van der Waals surface area contributed by atoms with Crippen LogP contribution < -0.4 is 5.32 Å². The van der Waals surface area contributed by atoms with Gasteiger partial charge < -0.3 is 9.88 Å². The Morgan fingerprint density at radius 3 is 2.38 bits per heavy atom. The van der Waals surface area contributed by atoms with Crippen LogP contribution >= 0.6 is 10.7 Å². The van der Waals surface area contributed by atoms with E-state index in [1.165, 1.54) is 12.3 Å². The minimum Gasteiger partial charge on any atom is -0.348 e. The average Bonchev–Trinajstić information content (AvgIpc) is 2.94. The lowest BCUT2D eigenvalue weighted by atomic mass is 9.93. The minimum absolute atomic E-state index is 0.00707. The van der Waals surface area contributed by atoms with Gasteiger partial charge in [0.25, 0.3) is 15.0 Å². The lowest BCUT2D eigenvalue weighted by Crippen LogP contribution is -2.34. The summed E-state index contributed by atoms with van der Waals surface area (Å²) in [4.78, 5) is 12.4. The molecule has 0 radical (unpaired) electrons. The highest BCUT2D eigenvalue weighted by Gasteiger charge is 2.28. The van der Waals surface area contributed by atoms with Gasteiger partial charge >= 0.3 is 0 Å². The van der Waals surface area contributed by atoms with E-state index in [0.29, 0.717) is 5.69 Å². The van der Waals surface area contributed by atoms with E-state index in [9.17, 15) is 13.2 Å². The zero-order chi connectivity index (χ0) is 15.0. The molecule has 0 atom stereocenters. The average molecular weight is 331 g/mol. The number of nitrogens with one attached hydrogen (secondary N) is 1. The molecule has 1 N–H and O–H groups in total. The molecule has 7 heteroatoms. The van der Waals surface area contributed by atoms with Crippen molar-refractivity contribution in [3.8, 4) is 0 Å². The maximum absolute atomic E-state index is 12.4. The molecule has 116 valence electrons. The van der Waals surface area contributed by atoms with Gasteiger partial charge in [0.1, 0.15) is 10.6 Å². The number of nitrogens with zero attached hydrogens (tertiary/aromatic N) is 1. The standard InChI is InChI=1S/C14H19ClN2O3S/c15-21(19,20)12-8-13(17(9-12)11-6-3-7-11)14(18)16-10-4-1-2-5-10/h8-11H,1-7H2,(H,16,18). The van der Waals surface area contributed by atoms with E-state index in [1.54, 1.807) is 4.57 Å². The molecule has 0 unspecified atom stereocenters. The van der Waals surface area contributed by atoms with E-state index in [2.05, 4.69) is 5.32 Å². The van der Waals surface area contributed by atoms with Crippen LogP contribution in [0, 0.1) is 0 Å². The fourth-order valence-corrected chi connectivity index (χ4v) is 3.81. The molecule has 2 aliphatic carbocycles. The van der Waals surface area contributed by atoms with E-state index in [4.69, 9.17) is 10.7 Å². The Bertz CT molecular complexity index is 643. The van der Waals surface area contributed by atoms with Gasteiger partial charge in [-0.15, -0.1) is 0 Å². The first-order valence-electron chi connectivity index (χ1n) is 7.42. The first-order valence-corrected chi connectivity index (χ1v) is 9.73. The quantitative estimate of drug-likeness (QED) is 0.863. The van der Waals surface area contributed by atoms with Crippen molar-refractivity contribution in [2.75, 3.05) is 0 Å². The Labute approximate surface area is 129 Å². The number of amides is 1. The van der Waals surface area contributed by atoms with Crippen LogP contribution in [0.5, 0.6) is 0 Å². The van der Waals surface area contributed by atoms with Crippen molar-refractivity contribution in [2.45, 2.75) is 61.9 Å². The summed E-state index contributed by atoms with van der Waals surface area (Å²) in [7, 11) is 1.60. The topological polar surface area (TPSA) is 68.2 Å². The van der Waals surface area contributed by atoms with Crippen molar-refractivity contribution in [2.24, 2.45) is 0 Å². The van der Waals surface area contributed by atoms with Crippen LogP contribution in [0.1, 0.15) is 61.5 Å². The van der Waals surface area contributed by atoms with E-state index in [1.807, 2.05) is 0 Å². The van der Waals surface area contributed by atoms with E-state index in [0.717, 1.165) is 44.9 Å².